The number of rotatable bonds is 4. The molecule has 150 valence electrons. The number of benzene rings is 2. The van der Waals surface area contributed by atoms with Crippen LogP contribution >= 0.6 is 23.2 Å². The van der Waals surface area contributed by atoms with E-state index in [0.717, 1.165) is 25.7 Å². The molecule has 2 amide bonds. The van der Waals surface area contributed by atoms with Crippen LogP contribution in [0.4, 0.5) is 5.69 Å². The molecule has 0 bridgehead atoms. The first-order chi connectivity index (χ1) is 14.0. The van der Waals surface area contributed by atoms with Gasteiger partial charge < -0.3 is 4.74 Å². The molecule has 1 heterocycles. The average Bonchev–Trinajstić information content (AvgIpc) is 2.98. The van der Waals surface area contributed by atoms with E-state index in [1.807, 2.05) is 0 Å². The van der Waals surface area contributed by atoms with Crippen LogP contribution < -0.4 is 4.90 Å². The topological polar surface area (TPSA) is 63.7 Å². The molecule has 1 saturated heterocycles. The zero-order valence-corrected chi connectivity index (χ0v) is 17.1. The summed E-state index contributed by atoms with van der Waals surface area (Å²) in [5.41, 5.74) is 1.18. The summed E-state index contributed by atoms with van der Waals surface area (Å²) < 4.78 is 5.35. The van der Waals surface area contributed by atoms with Crippen molar-refractivity contribution >= 4 is 46.7 Å². The van der Waals surface area contributed by atoms with Crippen LogP contribution in [-0.2, 0) is 20.9 Å². The Balaban J connectivity index is 1.52. The molecule has 1 aliphatic heterocycles. The third-order valence-corrected chi connectivity index (χ3v) is 6.30. The molecule has 2 aliphatic rings. The largest absolute Gasteiger partial charge is 0.457 e. The molecule has 0 N–H and O–H groups in total. The van der Waals surface area contributed by atoms with Crippen LogP contribution in [-0.4, -0.2) is 17.8 Å². The average molecular weight is 432 g/mol. The van der Waals surface area contributed by atoms with E-state index in [1.165, 1.54) is 11.0 Å². The number of halogens is 2. The highest BCUT2D eigenvalue weighted by molar-refractivity contribution is 6.36. The molecular formula is C22H19Cl2NO4. The minimum atomic E-state index is -0.584. The van der Waals surface area contributed by atoms with Gasteiger partial charge >= 0.3 is 5.97 Å². The Kier molecular flexibility index (Phi) is 5.61. The monoisotopic (exact) mass is 431 g/mol. The Morgan fingerprint density at radius 2 is 1.55 bits per heavy atom. The first kappa shape index (κ1) is 19.9. The minimum Gasteiger partial charge on any atom is -0.457 e. The highest BCUT2D eigenvalue weighted by Gasteiger charge is 2.48. The van der Waals surface area contributed by atoms with Gasteiger partial charge in [-0.05, 0) is 43.2 Å². The minimum absolute atomic E-state index is 0.0761. The summed E-state index contributed by atoms with van der Waals surface area (Å²) in [6.45, 7) is -0.0761. The van der Waals surface area contributed by atoms with Crippen LogP contribution in [0.15, 0.2) is 42.5 Å². The second-order valence-electron chi connectivity index (χ2n) is 7.34. The van der Waals surface area contributed by atoms with E-state index in [0.29, 0.717) is 21.3 Å². The quantitative estimate of drug-likeness (QED) is 0.502. The van der Waals surface area contributed by atoms with E-state index >= 15 is 0 Å². The number of hydrogen-bond acceptors (Lipinski definition) is 4. The van der Waals surface area contributed by atoms with Crippen molar-refractivity contribution in [2.75, 3.05) is 4.90 Å². The zero-order chi connectivity index (χ0) is 20.5. The summed E-state index contributed by atoms with van der Waals surface area (Å²) in [7, 11) is 0. The van der Waals surface area contributed by atoms with E-state index in [1.54, 1.807) is 36.4 Å². The number of carbonyl (C=O) groups is 3. The maximum absolute atomic E-state index is 12.8. The Hall–Kier alpha value is -2.37. The molecule has 4 rings (SSSR count). The van der Waals surface area contributed by atoms with Crippen molar-refractivity contribution in [3.8, 4) is 0 Å². The highest BCUT2D eigenvalue weighted by atomic mass is 35.5. The van der Waals surface area contributed by atoms with Crippen LogP contribution in [0.3, 0.4) is 0 Å². The number of hydrogen-bond donors (Lipinski definition) is 0. The lowest BCUT2D eigenvalue weighted by Crippen LogP contribution is -2.31. The van der Waals surface area contributed by atoms with Crippen molar-refractivity contribution in [1.82, 2.24) is 0 Å². The van der Waals surface area contributed by atoms with Gasteiger partial charge in [0.25, 0.3) is 0 Å². The number of anilines is 1. The maximum atomic E-state index is 12.8. The molecule has 1 aliphatic carbocycles. The molecule has 29 heavy (non-hydrogen) atoms. The zero-order valence-electron chi connectivity index (χ0n) is 15.6. The van der Waals surface area contributed by atoms with Gasteiger partial charge in [-0.15, -0.1) is 0 Å². The normalized spacial score (nSPS) is 21.2. The summed E-state index contributed by atoms with van der Waals surface area (Å²) in [6, 6.07) is 11.4. The Morgan fingerprint density at radius 1 is 0.966 bits per heavy atom. The predicted molar refractivity (Wildman–Crippen MR) is 110 cm³/mol. The second kappa shape index (κ2) is 8.17. The smallest absolute Gasteiger partial charge is 0.338 e. The molecule has 0 unspecified atom stereocenters. The predicted octanol–water partition coefficient (Wildman–Crippen LogP) is 5.03. The van der Waals surface area contributed by atoms with Gasteiger partial charge in [0.1, 0.15) is 6.61 Å². The van der Waals surface area contributed by atoms with Crippen LogP contribution in [0.25, 0.3) is 0 Å². The molecule has 0 spiro atoms. The van der Waals surface area contributed by atoms with Gasteiger partial charge in [-0.1, -0.05) is 48.2 Å². The molecular weight excluding hydrogens is 413 g/mol. The molecule has 2 aromatic rings. The van der Waals surface area contributed by atoms with Crippen LogP contribution in [0.5, 0.6) is 0 Å². The molecule has 0 radical (unpaired) electrons. The Morgan fingerprint density at radius 3 is 2.17 bits per heavy atom. The van der Waals surface area contributed by atoms with Crippen LogP contribution in [0, 0.1) is 11.8 Å². The fourth-order valence-electron chi connectivity index (χ4n) is 4.08. The van der Waals surface area contributed by atoms with Crippen molar-refractivity contribution in [2.45, 2.75) is 32.3 Å². The van der Waals surface area contributed by atoms with Gasteiger partial charge in [0.05, 0.1) is 23.1 Å². The standard InChI is InChI=1S/C22H19Cl2NO4/c23-18-9-4-10-19(24)17(18)12-29-22(28)13-5-3-6-14(11-13)25-20(26)15-7-1-2-8-16(15)21(25)27/h3-6,9-11,15-16H,1-2,7-8,12H2/t15-,16-/m1/s1. The summed E-state index contributed by atoms with van der Waals surface area (Å²) in [4.78, 5) is 39.3. The number of fused-ring (bicyclic) bond motifs is 1. The molecule has 5 nitrogen and oxygen atoms in total. The van der Waals surface area contributed by atoms with Gasteiger partial charge in [0.15, 0.2) is 0 Å². The Labute approximate surface area is 178 Å². The number of amides is 2. The second-order valence-corrected chi connectivity index (χ2v) is 8.15. The van der Waals surface area contributed by atoms with Gasteiger partial charge in [-0.2, -0.15) is 0 Å². The summed E-state index contributed by atoms with van der Waals surface area (Å²) in [5, 5.41) is 0.824. The van der Waals surface area contributed by atoms with E-state index in [9.17, 15) is 14.4 Å². The highest BCUT2D eigenvalue weighted by Crippen LogP contribution is 2.40. The third-order valence-electron chi connectivity index (χ3n) is 5.59. The van der Waals surface area contributed by atoms with Crippen LogP contribution in [0.1, 0.15) is 41.6 Å². The first-order valence-electron chi connectivity index (χ1n) is 9.55. The molecule has 1 saturated carbocycles. The number of esters is 1. The summed E-state index contributed by atoms with van der Waals surface area (Å²) in [6.07, 6.45) is 3.41. The SMILES string of the molecule is O=C(OCc1c(Cl)cccc1Cl)c1cccc(N2C(=O)[C@@H]3CCCC[C@H]3C2=O)c1. The van der Waals surface area contributed by atoms with Gasteiger partial charge in [-0.25, -0.2) is 4.79 Å². The molecule has 2 aromatic carbocycles. The summed E-state index contributed by atoms with van der Waals surface area (Å²) in [5.74, 6) is -1.41. The van der Waals surface area contributed by atoms with Gasteiger partial charge in [0, 0.05) is 15.6 Å². The molecule has 2 atom stereocenters. The van der Waals surface area contributed by atoms with E-state index in [4.69, 9.17) is 27.9 Å². The van der Waals surface area contributed by atoms with E-state index < -0.39 is 5.97 Å². The van der Waals surface area contributed by atoms with E-state index in [2.05, 4.69) is 0 Å². The van der Waals surface area contributed by atoms with Crippen molar-refractivity contribution in [3.05, 3.63) is 63.6 Å². The van der Waals surface area contributed by atoms with Crippen LogP contribution in [0.2, 0.25) is 10.0 Å². The third kappa shape index (κ3) is 3.77. The lowest BCUT2D eigenvalue weighted by molar-refractivity contribution is -0.122. The van der Waals surface area contributed by atoms with E-state index in [-0.39, 0.29) is 35.8 Å². The van der Waals surface area contributed by atoms with Crippen molar-refractivity contribution < 1.29 is 19.1 Å². The number of carbonyl (C=O) groups excluding carboxylic acids is 3. The van der Waals surface area contributed by atoms with Gasteiger partial charge in [0.2, 0.25) is 11.8 Å². The Bertz CT molecular complexity index is 946. The number of ether oxygens (including phenoxy) is 1. The molecule has 2 fully saturated rings. The van der Waals surface area contributed by atoms with Crippen molar-refractivity contribution in [2.24, 2.45) is 11.8 Å². The van der Waals surface area contributed by atoms with Crippen molar-refractivity contribution in [3.63, 3.8) is 0 Å². The maximum Gasteiger partial charge on any atom is 0.338 e. The van der Waals surface area contributed by atoms with Crippen molar-refractivity contribution in [1.29, 1.82) is 0 Å². The fraction of sp³-hybridized carbons (Fsp3) is 0.318. The lowest BCUT2D eigenvalue weighted by Gasteiger charge is -2.19. The number of imide groups is 1. The first-order valence-corrected chi connectivity index (χ1v) is 10.3. The lowest BCUT2D eigenvalue weighted by atomic mass is 9.81. The fourth-order valence-corrected chi connectivity index (χ4v) is 4.59. The number of nitrogens with zero attached hydrogens (tertiary/aromatic N) is 1. The molecule has 7 heteroatoms. The molecule has 0 aromatic heterocycles. The summed E-state index contributed by atoms with van der Waals surface area (Å²) >= 11 is 12.2. The van der Waals surface area contributed by atoms with Gasteiger partial charge in [-0.3, -0.25) is 14.5 Å².